The van der Waals surface area contributed by atoms with Gasteiger partial charge in [0, 0.05) is 6.54 Å². The summed E-state index contributed by atoms with van der Waals surface area (Å²) in [5, 5.41) is 14.9. The molecule has 0 aromatic carbocycles. The van der Waals surface area contributed by atoms with Crippen LogP contribution in [0.3, 0.4) is 0 Å². The molecular weight excluding hydrogens is 204 g/mol. The molecule has 0 unspecified atom stereocenters. The molecule has 0 saturated heterocycles. The summed E-state index contributed by atoms with van der Waals surface area (Å²) in [4.78, 5) is 10.7. The van der Waals surface area contributed by atoms with E-state index in [-0.39, 0.29) is 10.7 Å². The molecule has 0 radical (unpaired) electrons. The van der Waals surface area contributed by atoms with E-state index >= 15 is 0 Å². The van der Waals surface area contributed by atoms with E-state index in [0.29, 0.717) is 18.2 Å². The van der Waals surface area contributed by atoms with E-state index in [4.69, 9.17) is 11.6 Å². The van der Waals surface area contributed by atoms with Crippen molar-refractivity contribution in [2.24, 2.45) is 5.92 Å². The number of carbonyl (C=O) groups is 1. The summed E-state index contributed by atoms with van der Waals surface area (Å²) in [7, 11) is 0. The number of hydrogen-bond acceptors (Lipinski definition) is 3. The number of carboxylic acids is 1. The zero-order valence-electron chi connectivity index (χ0n) is 8.37. The normalized spacial score (nSPS) is 10.9. The van der Waals surface area contributed by atoms with Gasteiger partial charge >= 0.3 is 0 Å². The molecule has 1 rings (SSSR count). The number of carbonyl (C=O) groups excluding carboxylic acids is 1. The Morgan fingerprint density at radius 2 is 2.21 bits per heavy atom. The molecule has 0 aliphatic heterocycles. The van der Waals surface area contributed by atoms with Crippen molar-refractivity contribution < 1.29 is 9.90 Å². The highest BCUT2D eigenvalue weighted by molar-refractivity contribution is 6.32. The second kappa shape index (κ2) is 4.00. The fourth-order valence-electron chi connectivity index (χ4n) is 1.25. The van der Waals surface area contributed by atoms with Crippen LogP contribution in [-0.4, -0.2) is 15.7 Å². The maximum Gasteiger partial charge on any atom is 0.136 e. The molecule has 0 N–H and O–H groups in total. The highest BCUT2D eigenvalue weighted by Crippen LogP contribution is 2.19. The molecule has 0 fully saturated rings. The topological polar surface area (TPSA) is 58.0 Å². The van der Waals surface area contributed by atoms with E-state index in [0.717, 1.165) is 0 Å². The maximum atomic E-state index is 10.7. The van der Waals surface area contributed by atoms with Crippen molar-refractivity contribution in [1.29, 1.82) is 0 Å². The predicted octanol–water partition coefficient (Wildman–Crippen LogP) is 0.864. The second-order valence-electron chi connectivity index (χ2n) is 3.61. The van der Waals surface area contributed by atoms with Crippen LogP contribution in [0.25, 0.3) is 0 Å². The lowest BCUT2D eigenvalue weighted by molar-refractivity contribution is -0.255. The van der Waals surface area contributed by atoms with Crippen LogP contribution in [0.15, 0.2) is 0 Å². The Morgan fingerprint density at radius 3 is 2.57 bits per heavy atom. The first-order valence-corrected chi connectivity index (χ1v) is 4.75. The van der Waals surface area contributed by atoms with Crippen molar-refractivity contribution in [2.45, 2.75) is 27.3 Å². The SMILES string of the molecule is Cc1nn(CC(C)C)c(Cl)c1C(=O)[O-]. The first kappa shape index (κ1) is 11.0. The second-order valence-corrected chi connectivity index (χ2v) is 3.97. The van der Waals surface area contributed by atoms with Crippen LogP contribution in [0, 0.1) is 12.8 Å². The van der Waals surface area contributed by atoms with Gasteiger partial charge in [-0.05, 0) is 12.8 Å². The van der Waals surface area contributed by atoms with Gasteiger partial charge in [0.05, 0.1) is 17.2 Å². The minimum atomic E-state index is -1.28. The Labute approximate surface area is 87.5 Å². The number of aromatic nitrogens is 2. The molecular formula is C9H12ClN2O2-. The largest absolute Gasteiger partial charge is 0.545 e. The van der Waals surface area contributed by atoms with E-state index in [1.165, 1.54) is 4.68 Å². The number of hydrogen-bond donors (Lipinski definition) is 0. The van der Waals surface area contributed by atoms with Crippen molar-refractivity contribution in [3.8, 4) is 0 Å². The lowest BCUT2D eigenvalue weighted by Crippen LogP contribution is -2.23. The molecule has 0 bridgehead atoms. The minimum Gasteiger partial charge on any atom is -0.545 e. The Morgan fingerprint density at radius 1 is 1.64 bits per heavy atom. The smallest absolute Gasteiger partial charge is 0.136 e. The van der Waals surface area contributed by atoms with E-state index < -0.39 is 5.97 Å². The summed E-state index contributed by atoms with van der Waals surface area (Å²) < 4.78 is 1.49. The summed E-state index contributed by atoms with van der Waals surface area (Å²) in [5.74, 6) is -0.913. The molecule has 0 saturated carbocycles. The highest BCUT2D eigenvalue weighted by atomic mass is 35.5. The Balaban J connectivity index is 3.10. The summed E-state index contributed by atoms with van der Waals surface area (Å²) in [6.45, 7) is 6.22. The van der Waals surface area contributed by atoms with Crippen LogP contribution in [0.5, 0.6) is 0 Å². The number of rotatable bonds is 3. The van der Waals surface area contributed by atoms with Crippen molar-refractivity contribution in [1.82, 2.24) is 9.78 Å². The number of carboxylic acid groups (broad SMARTS) is 1. The van der Waals surface area contributed by atoms with Gasteiger partial charge in [0.15, 0.2) is 0 Å². The molecule has 0 spiro atoms. The number of aryl methyl sites for hydroxylation is 1. The molecule has 0 aliphatic rings. The lowest BCUT2D eigenvalue weighted by atomic mass is 10.2. The van der Waals surface area contributed by atoms with Crippen molar-refractivity contribution in [3.63, 3.8) is 0 Å². The predicted molar refractivity (Wildman–Crippen MR) is 51.1 cm³/mol. The zero-order valence-corrected chi connectivity index (χ0v) is 9.13. The Bertz CT molecular complexity index is 358. The van der Waals surface area contributed by atoms with Crippen LogP contribution in [0.1, 0.15) is 29.9 Å². The third-order valence-corrected chi connectivity index (χ3v) is 2.19. The van der Waals surface area contributed by atoms with Crippen LogP contribution in [0.4, 0.5) is 0 Å². The average molecular weight is 216 g/mol. The Hall–Kier alpha value is -1.03. The Kier molecular flexibility index (Phi) is 3.16. The minimum absolute atomic E-state index is 0.00711. The van der Waals surface area contributed by atoms with E-state index in [2.05, 4.69) is 5.10 Å². The van der Waals surface area contributed by atoms with Gasteiger partial charge < -0.3 is 9.90 Å². The third-order valence-electron chi connectivity index (χ3n) is 1.81. The van der Waals surface area contributed by atoms with Gasteiger partial charge in [0.25, 0.3) is 0 Å². The van der Waals surface area contributed by atoms with E-state index in [9.17, 15) is 9.90 Å². The zero-order chi connectivity index (χ0) is 10.9. The van der Waals surface area contributed by atoms with E-state index in [1.807, 2.05) is 13.8 Å². The monoisotopic (exact) mass is 215 g/mol. The first-order chi connectivity index (χ1) is 6.43. The van der Waals surface area contributed by atoms with Gasteiger partial charge in [0.1, 0.15) is 5.15 Å². The summed E-state index contributed by atoms with van der Waals surface area (Å²) >= 11 is 5.85. The number of halogens is 1. The molecule has 14 heavy (non-hydrogen) atoms. The van der Waals surface area contributed by atoms with Gasteiger partial charge in [-0.1, -0.05) is 25.4 Å². The molecule has 0 aliphatic carbocycles. The average Bonchev–Trinajstić information content (AvgIpc) is 2.25. The standard InChI is InChI=1S/C9H13ClN2O2/c1-5(2)4-12-8(10)7(9(13)14)6(3)11-12/h5H,4H2,1-3H3,(H,13,14)/p-1. The van der Waals surface area contributed by atoms with Gasteiger partial charge in [-0.3, -0.25) is 4.68 Å². The summed E-state index contributed by atoms with van der Waals surface area (Å²) in [6.07, 6.45) is 0. The molecule has 0 amide bonds. The summed E-state index contributed by atoms with van der Waals surface area (Å²) in [5.41, 5.74) is 0.392. The van der Waals surface area contributed by atoms with Gasteiger partial charge in [-0.2, -0.15) is 5.10 Å². The number of aromatic carboxylic acids is 1. The molecule has 1 heterocycles. The van der Waals surface area contributed by atoms with Crippen molar-refractivity contribution >= 4 is 17.6 Å². The molecule has 78 valence electrons. The molecule has 0 atom stereocenters. The van der Waals surface area contributed by atoms with Crippen LogP contribution >= 0.6 is 11.6 Å². The van der Waals surface area contributed by atoms with E-state index in [1.54, 1.807) is 6.92 Å². The molecule has 5 heteroatoms. The summed E-state index contributed by atoms with van der Waals surface area (Å²) in [6, 6.07) is 0. The third kappa shape index (κ3) is 2.07. The van der Waals surface area contributed by atoms with Gasteiger partial charge in [0.2, 0.25) is 0 Å². The fourth-order valence-corrected chi connectivity index (χ4v) is 1.57. The molecule has 1 aromatic rings. The van der Waals surface area contributed by atoms with Gasteiger partial charge in [-0.25, -0.2) is 0 Å². The molecule has 1 aromatic heterocycles. The lowest BCUT2D eigenvalue weighted by Gasteiger charge is -2.06. The fraction of sp³-hybridized carbons (Fsp3) is 0.556. The highest BCUT2D eigenvalue weighted by Gasteiger charge is 2.14. The van der Waals surface area contributed by atoms with Crippen molar-refractivity contribution in [3.05, 3.63) is 16.4 Å². The van der Waals surface area contributed by atoms with Crippen LogP contribution < -0.4 is 5.11 Å². The van der Waals surface area contributed by atoms with Crippen LogP contribution in [-0.2, 0) is 6.54 Å². The quantitative estimate of drug-likeness (QED) is 0.752. The first-order valence-electron chi connectivity index (χ1n) is 4.37. The van der Waals surface area contributed by atoms with Crippen molar-refractivity contribution in [2.75, 3.05) is 0 Å². The number of nitrogens with zero attached hydrogens (tertiary/aromatic N) is 2. The molecule has 4 nitrogen and oxygen atoms in total. The van der Waals surface area contributed by atoms with Crippen LogP contribution in [0.2, 0.25) is 5.15 Å². The van der Waals surface area contributed by atoms with Gasteiger partial charge in [-0.15, -0.1) is 0 Å². The maximum absolute atomic E-state index is 10.7.